The fourth-order valence-corrected chi connectivity index (χ4v) is 21.2. The number of rotatable bonds is 15. The zero-order chi connectivity index (χ0) is 27.6. The zero-order valence-electron chi connectivity index (χ0n) is 22.7. The molecule has 0 N–H and O–H groups in total. The van der Waals surface area contributed by atoms with Crippen molar-refractivity contribution in [3.8, 4) is 0 Å². The molecule has 0 amide bonds. The quantitative estimate of drug-likeness (QED) is 0.0921. The van der Waals surface area contributed by atoms with Crippen LogP contribution in [-0.4, -0.2) is 63.4 Å². The zero-order valence-corrected chi connectivity index (χ0v) is 25.7. The van der Waals surface area contributed by atoms with Crippen molar-refractivity contribution < 1.29 is 40.9 Å². The third-order valence-electron chi connectivity index (χ3n) is 5.37. The van der Waals surface area contributed by atoms with Gasteiger partial charge in [-0.3, -0.25) is 0 Å². The van der Waals surface area contributed by atoms with E-state index in [-0.39, 0.29) is 19.8 Å². The summed E-state index contributed by atoms with van der Waals surface area (Å²) in [6.07, 6.45) is 1.80. The van der Waals surface area contributed by atoms with E-state index < -0.39 is 43.6 Å². The molecule has 1 rings (SSSR count). The van der Waals surface area contributed by atoms with E-state index in [0.717, 1.165) is 0 Å². The summed E-state index contributed by atoms with van der Waals surface area (Å²) in [5.74, 6) is -1.24. The van der Waals surface area contributed by atoms with Crippen LogP contribution >= 0.6 is 0 Å². The minimum Gasteiger partial charge on any atom is -0.462 e. The van der Waals surface area contributed by atoms with Crippen LogP contribution in [0.15, 0.2) is 36.5 Å². The lowest BCUT2D eigenvalue weighted by Gasteiger charge is -2.50. The van der Waals surface area contributed by atoms with Crippen molar-refractivity contribution in [1.29, 1.82) is 0 Å². The van der Waals surface area contributed by atoms with Crippen molar-refractivity contribution in [2.24, 2.45) is 0 Å². The molecule has 0 radical (unpaired) electrons. The van der Waals surface area contributed by atoms with Crippen LogP contribution in [-0.2, 0) is 40.9 Å². The summed E-state index contributed by atoms with van der Waals surface area (Å²) in [5.41, 5.74) is 1.07. The number of carbonyl (C=O) groups is 3. The van der Waals surface area contributed by atoms with Gasteiger partial charge in [0.2, 0.25) is 0 Å². The van der Waals surface area contributed by atoms with E-state index in [4.69, 9.17) is 26.6 Å². The molecule has 0 atom stereocenters. The second-order valence-corrected chi connectivity index (χ2v) is 20.5. The SMILES string of the molecule is C=C(C)C(=O)OCCC[Si]1(C)O[Si](C)(CCCOC(=O)C(=C)C)O[Si](C)(CCCOC(=O)C(=C)C)O1. The maximum Gasteiger partial charge on any atom is 0.333 e. The van der Waals surface area contributed by atoms with Gasteiger partial charge in [-0.15, -0.1) is 0 Å². The van der Waals surface area contributed by atoms with Crippen LogP contribution in [0, 0.1) is 0 Å². The van der Waals surface area contributed by atoms with Crippen molar-refractivity contribution in [2.75, 3.05) is 19.8 Å². The predicted molar refractivity (Wildman–Crippen MR) is 144 cm³/mol. The summed E-state index contributed by atoms with van der Waals surface area (Å²) in [7, 11) is -8.00. The molecule has 12 heteroatoms. The number of esters is 3. The molecule has 9 nitrogen and oxygen atoms in total. The fraction of sp³-hybridized carbons (Fsp3) is 0.625. The van der Waals surface area contributed by atoms with E-state index >= 15 is 0 Å². The van der Waals surface area contributed by atoms with E-state index in [9.17, 15) is 14.4 Å². The molecule has 1 heterocycles. The summed E-state index contributed by atoms with van der Waals surface area (Å²) in [6, 6.07) is 1.92. The van der Waals surface area contributed by atoms with Crippen LogP contribution in [0.1, 0.15) is 40.0 Å². The highest BCUT2D eigenvalue weighted by atomic mass is 28.5. The Labute approximate surface area is 218 Å². The lowest BCUT2D eigenvalue weighted by atomic mass is 10.4. The summed E-state index contributed by atoms with van der Waals surface area (Å²) < 4.78 is 35.5. The molecular weight excluding hydrogens is 517 g/mol. The van der Waals surface area contributed by atoms with Crippen molar-refractivity contribution >= 4 is 43.6 Å². The van der Waals surface area contributed by atoms with E-state index in [1.54, 1.807) is 20.8 Å². The van der Waals surface area contributed by atoms with Gasteiger partial charge in [0.15, 0.2) is 0 Å². The van der Waals surface area contributed by atoms with Crippen molar-refractivity contribution in [3.05, 3.63) is 36.5 Å². The monoisotopic (exact) mass is 558 g/mol. The molecule has 0 aromatic carbocycles. The molecule has 0 aromatic heterocycles. The van der Waals surface area contributed by atoms with Crippen molar-refractivity contribution in [3.63, 3.8) is 0 Å². The Hall–Kier alpha value is -1.84. The Balaban J connectivity index is 2.83. The van der Waals surface area contributed by atoms with Crippen LogP contribution < -0.4 is 0 Å². The van der Waals surface area contributed by atoms with Gasteiger partial charge < -0.3 is 26.6 Å². The topological polar surface area (TPSA) is 107 Å². The van der Waals surface area contributed by atoms with Crippen LogP contribution in [0.5, 0.6) is 0 Å². The van der Waals surface area contributed by atoms with Gasteiger partial charge in [-0.25, -0.2) is 14.4 Å². The normalized spacial score (nSPS) is 25.5. The van der Waals surface area contributed by atoms with Crippen LogP contribution in [0.4, 0.5) is 0 Å². The maximum absolute atomic E-state index is 11.7. The Morgan fingerprint density at radius 2 is 0.778 bits per heavy atom. The van der Waals surface area contributed by atoms with Gasteiger partial charge in [-0.1, -0.05) is 19.7 Å². The van der Waals surface area contributed by atoms with Gasteiger partial charge in [0.05, 0.1) is 19.8 Å². The van der Waals surface area contributed by atoms with E-state index in [1.807, 2.05) is 19.6 Å². The molecule has 0 spiro atoms. The van der Waals surface area contributed by atoms with E-state index in [2.05, 4.69) is 19.7 Å². The average molecular weight is 559 g/mol. The van der Waals surface area contributed by atoms with Crippen LogP contribution in [0.2, 0.25) is 37.8 Å². The Morgan fingerprint density at radius 3 is 0.972 bits per heavy atom. The first-order chi connectivity index (χ1) is 16.6. The molecule has 36 heavy (non-hydrogen) atoms. The first kappa shape index (κ1) is 32.2. The summed E-state index contributed by atoms with van der Waals surface area (Å²) >= 11 is 0. The second-order valence-electron chi connectivity index (χ2n) is 9.77. The molecule has 1 aliphatic rings. The first-order valence-corrected chi connectivity index (χ1v) is 19.8. The molecular formula is C24H42O9Si3. The minimum atomic E-state index is -2.67. The number of ether oxygens (including phenoxy) is 3. The molecule has 0 saturated carbocycles. The molecule has 0 bridgehead atoms. The number of hydrogen-bond acceptors (Lipinski definition) is 9. The Morgan fingerprint density at radius 1 is 0.556 bits per heavy atom. The number of carbonyl (C=O) groups excluding carboxylic acids is 3. The molecule has 0 aromatic rings. The molecule has 204 valence electrons. The highest BCUT2D eigenvalue weighted by molar-refractivity contribution is 6.93. The van der Waals surface area contributed by atoms with Gasteiger partial charge >= 0.3 is 43.6 Å². The third kappa shape index (κ3) is 11.5. The van der Waals surface area contributed by atoms with Gasteiger partial charge in [0.1, 0.15) is 0 Å². The lowest BCUT2D eigenvalue weighted by molar-refractivity contribution is -0.139. The average Bonchev–Trinajstić information content (AvgIpc) is 2.75. The van der Waals surface area contributed by atoms with E-state index in [1.165, 1.54) is 0 Å². The van der Waals surface area contributed by atoms with E-state index in [0.29, 0.717) is 54.1 Å². The largest absolute Gasteiger partial charge is 0.462 e. The molecule has 0 unspecified atom stereocenters. The van der Waals surface area contributed by atoms with Gasteiger partial charge in [-0.2, -0.15) is 0 Å². The van der Waals surface area contributed by atoms with Crippen molar-refractivity contribution in [2.45, 2.75) is 77.8 Å². The lowest BCUT2D eigenvalue weighted by Crippen LogP contribution is -2.67. The van der Waals surface area contributed by atoms with Crippen LogP contribution in [0.3, 0.4) is 0 Å². The van der Waals surface area contributed by atoms with Crippen molar-refractivity contribution in [1.82, 2.24) is 0 Å². The molecule has 0 aliphatic carbocycles. The third-order valence-corrected chi connectivity index (χ3v) is 19.5. The second kappa shape index (κ2) is 14.2. The maximum atomic E-state index is 11.7. The first-order valence-electron chi connectivity index (χ1n) is 12.2. The molecule has 1 aliphatic heterocycles. The van der Waals surface area contributed by atoms with Gasteiger partial charge in [-0.05, 0) is 77.8 Å². The predicted octanol–water partition coefficient (Wildman–Crippen LogP) is 4.79. The summed E-state index contributed by atoms with van der Waals surface area (Å²) in [6.45, 7) is 22.4. The molecule has 1 fully saturated rings. The summed E-state index contributed by atoms with van der Waals surface area (Å²) in [5, 5.41) is 0. The van der Waals surface area contributed by atoms with Crippen LogP contribution in [0.25, 0.3) is 0 Å². The standard InChI is InChI=1S/C24H42O9Si3/c1-19(2)22(25)28-13-10-16-34(7)31-35(8,17-11-14-29-23(26)20(3)4)33-36(9,32-34)18-12-15-30-24(27)21(5)6/h1,3,5,10-18H2,2,4,6-9H3. The fourth-order valence-electron chi connectivity index (χ4n) is 3.78. The van der Waals surface area contributed by atoms with Gasteiger partial charge in [0.25, 0.3) is 0 Å². The minimum absolute atomic E-state index is 0.256. The molecule has 1 saturated heterocycles. The highest BCUT2D eigenvalue weighted by Crippen LogP contribution is 2.38. The Kier molecular flexibility index (Phi) is 12.7. The number of hydrogen-bond donors (Lipinski definition) is 0. The Bertz CT molecular complexity index is 740. The highest BCUT2D eigenvalue weighted by Gasteiger charge is 2.55. The summed E-state index contributed by atoms with van der Waals surface area (Å²) in [4.78, 5) is 35.1. The smallest absolute Gasteiger partial charge is 0.333 e. The van der Waals surface area contributed by atoms with Gasteiger partial charge in [0, 0.05) is 16.7 Å².